The van der Waals surface area contributed by atoms with E-state index in [1.54, 1.807) is 16.8 Å². The Morgan fingerprint density at radius 2 is 2.13 bits per heavy atom. The Labute approximate surface area is 179 Å². The fraction of sp³-hybridized carbons (Fsp3) is 0.455. The van der Waals surface area contributed by atoms with Crippen LogP contribution in [0.15, 0.2) is 30.7 Å². The van der Waals surface area contributed by atoms with E-state index in [1.165, 1.54) is 12.4 Å². The average molecular weight is 424 g/mol. The molecule has 31 heavy (non-hydrogen) atoms. The maximum Gasteiger partial charge on any atom is 0.257 e. The molecule has 2 fully saturated rings. The second-order valence-corrected chi connectivity index (χ2v) is 8.37. The highest BCUT2D eigenvalue weighted by Crippen LogP contribution is 2.36. The summed E-state index contributed by atoms with van der Waals surface area (Å²) < 4.78 is 15.4. The highest BCUT2D eigenvalue weighted by atomic mass is 19.1. The van der Waals surface area contributed by atoms with Crippen LogP contribution in [-0.2, 0) is 0 Å². The van der Waals surface area contributed by atoms with Crippen LogP contribution >= 0.6 is 0 Å². The number of carbonyl (C=O) groups is 1. The molecule has 2 unspecified atom stereocenters. The van der Waals surface area contributed by atoms with Crippen molar-refractivity contribution in [2.45, 2.75) is 57.2 Å². The molecular weight excluding hydrogens is 399 g/mol. The molecule has 3 atom stereocenters. The summed E-state index contributed by atoms with van der Waals surface area (Å²) in [5.41, 5.74) is 2.50. The van der Waals surface area contributed by atoms with Crippen molar-refractivity contribution in [2.75, 3.05) is 11.4 Å². The Hall–Kier alpha value is -3.07. The summed E-state index contributed by atoms with van der Waals surface area (Å²) >= 11 is 0. The first-order valence-electron chi connectivity index (χ1n) is 10.7. The largest absolute Gasteiger partial charge is 0.391 e. The third-order valence-corrected chi connectivity index (χ3v) is 6.39. The van der Waals surface area contributed by atoms with E-state index in [4.69, 9.17) is 4.98 Å². The quantitative estimate of drug-likeness (QED) is 0.668. The lowest BCUT2D eigenvalue weighted by atomic mass is 10.0. The fourth-order valence-corrected chi connectivity index (χ4v) is 4.76. The van der Waals surface area contributed by atoms with Crippen LogP contribution in [0, 0.1) is 12.7 Å². The molecule has 0 aromatic carbocycles. The lowest BCUT2D eigenvalue weighted by Gasteiger charge is -2.27. The van der Waals surface area contributed by atoms with E-state index in [9.17, 15) is 14.3 Å². The number of aryl methyl sites for hydroxylation is 1. The van der Waals surface area contributed by atoms with E-state index >= 15 is 0 Å². The highest BCUT2D eigenvalue weighted by molar-refractivity contribution is 6.00. The fourth-order valence-electron chi connectivity index (χ4n) is 4.76. The molecule has 3 aromatic heterocycles. The Kier molecular flexibility index (Phi) is 5.05. The number of rotatable bonds is 4. The number of aromatic nitrogens is 4. The highest BCUT2D eigenvalue weighted by Gasteiger charge is 2.31. The molecule has 0 spiro atoms. The third kappa shape index (κ3) is 3.63. The average Bonchev–Trinajstić information content (AvgIpc) is 3.49. The molecule has 1 aliphatic heterocycles. The van der Waals surface area contributed by atoms with E-state index in [2.05, 4.69) is 20.3 Å². The van der Waals surface area contributed by atoms with Crippen molar-refractivity contribution in [3.05, 3.63) is 53.4 Å². The van der Waals surface area contributed by atoms with Gasteiger partial charge in [0.25, 0.3) is 5.91 Å². The minimum absolute atomic E-state index is 0.0213. The molecule has 9 heteroatoms. The number of anilines is 1. The summed E-state index contributed by atoms with van der Waals surface area (Å²) in [6, 6.07) is 3.15. The molecule has 1 amide bonds. The molecule has 2 aliphatic rings. The molecule has 0 bridgehead atoms. The smallest absolute Gasteiger partial charge is 0.257 e. The summed E-state index contributed by atoms with van der Waals surface area (Å²) in [6.07, 6.45) is 8.21. The Bertz CT molecular complexity index is 1130. The molecule has 162 valence electrons. The maximum atomic E-state index is 13.9. The minimum atomic E-state index is -0.511. The van der Waals surface area contributed by atoms with Crippen LogP contribution in [0.2, 0.25) is 0 Å². The number of aliphatic hydroxyl groups is 1. The molecule has 1 aliphatic carbocycles. The van der Waals surface area contributed by atoms with Crippen molar-refractivity contribution < 1.29 is 14.3 Å². The van der Waals surface area contributed by atoms with Crippen molar-refractivity contribution in [2.24, 2.45) is 0 Å². The van der Waals surface area contributed by atoms with Crippen LogP contribution < -0.4 is 10.2 Å². The van der Waals surface area contributed by atoms with Gasteiger partial charge in [0.1, 0.15) is 17.2 Å². The first kappa shape index (κ1) is 19.9. The normalized spacial score (nSPS) is 23.6. The third-order valence-electron chi connectivity index (χ3n) is 6.39. The molecule has 0 radical (unpaired) electrons. The van der Waals surface area contributed by atoms with Gasteiger partial charge in [-0.3, -0.25) is 9.78 Å². The number of carbonyl (C=O) groups excluding carboxylic acids is 1. The van der Waals surface area contributed by atoms with E-state index in [-0.39, 0.29) is 23.8 Å². The second-order valence-electron chi connectivity index (χ2n) is 8.37. The van der Waals surface area contributed by atoms with Crippen molar-refractivity contribution in [3.8, 4) is 0 Å². The SMILES string of the molecule is Cc1ncc(F)cc1C1CCCN1c1ccn2ncc(C(=O)NC3CCC[C@H]3O)c2n1. The number of fused-ring (bicyclic) bond motifs is 1. The van der Waals surface area contributed by atoms with Crippen LogP contribution in [0.5, 0.6) is 0 Å². The number of nitrogens with zero attached hydrogens (tertiary/aromatic N) is 5. The van der Waals surface area contributed by atoms with Gasteiger partial charge >= 0.3 is 0 Å². The van der Waals surface area contributed by atoms with Gasteiger partial charge in [-0.05, 0) is 56.7 Å². The Balaban J connectivity index is 1.46. The monoisotopic (exact) mass is 424 g/mol. The molecule has 5 rings (SSSR count). The van der Waals surface area contributed by atoms with Gasteiger partial charge in [-0.15, -0.1) is 0 Å². The standard InChI is InChI=1S/C22H25FN6O2/c1-13-15(10-14(23)11-24-13)18-5-3-8-28(18)20-7-9-29-21(27-20)16(12-25-29)22(31)26-17-4-2-6-19(17)30/h7,9-12,17-19,30H,2-6,8H2,1H3,(H,26,31)/t17?,18?,19-/m1/s1. The first-order chi connectivity index (χ1) is 15.0. The number of pyridine rings is 1. The molecule has 4 heterocycles. The van der Waals surface area contributed by atoms with Crippen LogP contribution in [0.25, 0.3) is 5.65 Å². The Morgan fingerprint density at radius 1 is 1.26 bits per heavy atom. The number of halogens is 1. The molecule has 1 saturated carbocycles. The van der Waals surface area contributed by atoms with Gasteiger partial charge in [-0.2, -0.15) is 5.10 Å². The molecule has 2 N–H and O–H groups in total. The number of aliphatic hydroxyl groups excluding tert-OH is 1. The zero-order chi connectivity index (χ0) is 21.5. The van der Waals surface area contributed by atoms with E-state index in [0.29, 0.717) is 23.4 Å². The summed E-state index contributed by atoms with van der Waals surface area (Å²) in [4.78, 5) is 23.9. The van der Waals surface area contributed by atoms with Gasteiger partial charge in [0, 0.05) is 18.4 Å². The number of hydrogen-bond donors (Lipinski definition) is 2. The van der Waals surface area contributed by atoms with Crippen LogP contribution in [-0.4, -0.2) is 49.3 Å². The van der Waals surface area contributed by atoms with Crippen molar-refractivity contribution in [1.29, 1.82) is 0 Å². The zero-order valence-electron chi connectivity index (χ0n) is 17.3. The lowest BCUT2D eigenvalue weighted by Crippen LogP contribution is -2.39. The van der Waals surface area contributed by atoms with Crippen molar-refractivity contribution in [3.63, 3.8) is 0 Å². The predicted molar refractivity (Wildman–Crippen MR) is 112 cm³/mol. The van der Waals surface area contributed by atoms with Gasteiger partial charge in [0.2, 0.25) is 0 Å². The molecule has 1 saturated heterocycles. The predicted octanol–water partition coefficient (Wildman–Crippen LogP) is 2.56. The second kappa shape index (κ2) is 7.88. The summed E-state index contributed by atoms with van der Waals surface area (Å²) in [5.74, 6) is 0.0857. The van der Waals surface area contributed by atoms with E-state index < -0.39 is 6.10 Å². The summed E-state index contributed by atoms with van der Waals surface area (Å²) in [5, 5.41) is 17.2. The zero-order valence-corrected chi connectivity index (χ0v) is 17.3. The molecule has 3 aromatic rings. The van der Waals surface area contributed by atoms with Gasteiger partial charge in [-0.1, -0.05) is 0 Å². The lowest BCUT2D eigenvalue weighted by molar-refractivity contribution is 0.0874. The Morgan fingerprint density at radius 3 is 2.94 bits per heavy atom. The van der Waals surface area contributed by atoms with Gasteiger partial charge in [-0.25, -0.2) is 13.9 Å². The number of nitrogens with one attached hydrogen (secondary N) is 1. The minimum Gasteiger partial charge on any atom is -0.391 e. The van der Waals surface area contributed by atoms with Crippen LogP contribution in [0.3, 0.4) is 0 Å². The van der Waals surface area contributed by atoms with Gasteiger partial charge in [0.05, 0.1) is 30.6 Å². The van der Waals surface area contributed by atoms with Crippen molar-refractivity contribution >= 4 is 17.4 Å². The van der Waals surface area contributed by atoms with Crippen molar-refractivity contribution in [1.82, 2.24) is 24.9 Å². The first-order valence-corrected chi connectivity index (χ1v) is 10.7. The number of hydrogen-bond acceptors (Lipinski definition) is 6. The van der Waals surface area contributed by atoms with Crippen LogP contribution in [0.4, 0.5) is 10.2 Å². The summed E-state index contributed by atoms with van der Waals surface area (Å²) in [7, 11) is 0. The molecule has 8 nitrogen and oxygen atoms in total. The maximum absolute atomic E-state index is 13.9. The molecular formula is C22H25FN6O2. The van der Waals surface area contributed by atoms with E-state index in [1.807, 2.05) is 13.0 Å². The van der Waals surface area contributed by atoms with Gasteiger partial charge in [0.15, 0.2) is 5.65 Å². The van der Waals surface area contributed by atoms with Gasteiger partial charge < -0.3 is 15.3 Å². The van der Waals surface area contributed by atoms with E-state index in [0.717, 1.165) is 43.5 Å². The summed E-state index contributed by atoms with van der Waals surface area (Å²) in [6.45, 7) is 2.67. The van der Waals surface area contributed by atoms with Crippen LogP contribution in [0.1, 0.15) is 59.8 Å². The topological polar surface area (TPSA) is 95.7 Å². The number of amides is 1.